The molecule has 0 bridgehead atoms. The van der Waals surface area contributed by atoms with Gasteiger partial charge in [-0.1, -0.05) is 11.6 Å². The average molecular weight is 502 g/mol. The van der Waals surface area contributed by atoms with Crippen LogP contribution in [-0.4, -0.2) is 49.4 Å². The molecule has 2 aliphatic carbocycles. The number of piperidine rings is 1. The van der Waals surface area contributed by atoms with E-state index in [1.807, 2.05) is 6.92 Å². The van der Waals surface area contributed by atoms with Gasteiger partial charge in [-0.2, -0.15) is 13.2 Å². The van der Waals surface area contributed by atoms with Gasteiger partial charge in [-0.05, 0) is 49.9 Å². The van der Waals surface area contributed by atoms with E-state index in [0.29, 0.717) is 42.2 Å². The predicted octanol–water partition coefficient (Wildman–Crippen LogP) is 4.60. The quantitative estimate of drug-likeness (QED) is 0.520. The summed E-state index contributed by atoms with van der Waals surface area (Å²) in [6.45, 7) is 2.38. The van der Waals surface area contributed by atoms with Gasteiger partial charge in [0.15, 0.2) is 5.82 Å². The van der Waals surface area contributed by atoms with Crippen molar-refractivity contribution in [2.75, 3.05) is 6.54 Å². The maximum atomic E-state index is 13.8. The maximum Gasteiger partial charge on any atom is 0.417 e. The van der Waals surface area contributed by atoms with Crippen molar-refractivity contribution >= 4 is 17.5 Å². The zero-order valence-corrected chi connectivity index (χ0v) is 19.2. The fourth-order valence-corrected chi connectivity index (χ4v) is 5.75. The van der Waals surface area contributed by atoms with Crippen LogP contribution < -0.4 is 4.74 Å². The molecule has 3 aromatic rings. The minimum atomic E-state index is -4.55. The van der Waals surface area contributed by atoms with Crippen LogP contribution >= 0.6 is 11.6 Å². The van der Waals surface area contributed by atoms with Crippen molar-refractivity contribution in [2.24, 2.45) is 11.3 Å². The third-order valence-corrected chi connectivity index (χ3v) is 7.53. The van der Waals surface area contributed by atoms with Crippen LogP contribution in [0.3, 0.4) is 0 Å². The van der Waals surface area contributed by atoms with Crippen LogP contribution in [0.4, 0.5) is 13.2 Å². The Morgan fingerprint density at radius 3 is 2.69 bits per heavy atom. The van der Waals surface area contributed by atoms with Gasteiger partial charge in [-0.25, -0.2) is 19.9 Å². The van der Waals surface area contributed by atoms with Gasteiger partial charge >= 0.3 is 6.18 Å². The summed E-state index contributed by atoms with van der Waals surface area (Å²) in [7, 11) is 0. The van der Waals surface area contributed by atoms with Crippen molar-refractivity contribution in [3.05, 3.63) is 64.8 Å². The van der Waals surface area contributed by atoms with Gasteiger partial charge in [0.1, 0.15) is 16.8 Å². The first-order valence-electron chi connectivity index (χ1n) is 11.1. The number of hydrogen-bond acceptors (Lipinski definition) is 6. The molecule has 1 aliphatic heterocycles. The first kappa shape index (κ1) is 22.2. The summed E-state index contributed by atoms with van der Waals surface area (Å²) in [6, 6.07) is 5.86. The summed E-state index contributed by atoms with van der Waals surface area (Å²) in [4.78, 5) is 32.4. The number of ether oxygens (including phenoxy) is 1. The molecule has 6 rings (SSSR count). The molecule has 0 radical (unpaired) electrons. The normalized spacial score (nSPS) is 26.5. The standard InChI is InChI=1S/C24H19ClF3N5O2/c1-12-3-4-15(20-29-5-2-6-30-20)18(32-12)22(34)33-11-14-8-23(14)9-17(19(23)33)35-21-16(25)7-13(10-31-21)24(26,27)28/h2-7,10,14,17,19H,8-9,11H2,1H3. The lowest BCUT2D eigenvalue weighted by Crippen LogP contribution is -2.59. The van der Waals surface area contributed by atoms with Crippen LogP contribution in [-0.2, 0) is 6.18 Å². The maximum absolute atomic E-state index is 13.8. The number of amides is 1. The van der Waals surface area contributed by atoms with Gasteiger partial charge in [0.05, 0.1) is 17.2 Å². The highest BCUT2D eigenvalue weighted by Gasteiger charge is 2.76. The lowest BCUT2D eigenvalue weighted by molar-refractivity contribution is -0.137. The Kier molecular flexibility index (Phi) is 4.83. The van der Waals surface area contributed by atoms with Crippen LogP contribution in [0, 0.1) is 18.3 Å². The zero-order chi connectivity index (χ0) is 24.5. The van der Waals surface area contributed by atoms with E-state index in [1.54, 1.807) is 35.5 Å². The predicted molar refractivity (Wildman–Crippen MR) is 119 cm³/mol. The third-order valence-electron chi connectivity index (χ3n) is 7.26. The Labute approximate surface area is 203 Å². The topological polar surface area (TPSA) is 81.1 Å². The van der Waals surface area contributed by atoms with Crippen LogP contribution in [0.1, 0.15) is 34.6 Å². The first-order chi connectivity index (χ1) is 16.7. The summed E-state index contributed by atoms with van der Waals surface area (Å²) in [6.07, 6.45) is 0.629. The lowest BCUT2D eigenvalue weighted by Gasteiger charge is -2.47. The highest BCUT2D eigenvalue weighted by atomic mass is 35.5. The largest absolute Gasteiger partial charge is 0.471 e. The highest BCUT2D eigenvalue weighted by molar-refractivity contribution is 6.31. The number of aromatic nitrogens is 4. The second-order valence-electron chi connectivity index (χ2n) is 9.33. The molecule has 4 heterocycles. The molecule has 3 aliphatic rings. The molecule has 35 heavy (non-hydrogen) atoms. The molecule has 2 saturated carbocycles. The van der Waals surface area contributed by atoms with E-state index < -0.39 is 17.8 Å². The molecule has 0 aromatic carbocycles. The second-order valence-corrected chi connectivity index (χ2v) is 9.73. The summed E-state index contributed by atoms with van der Waals surface area (Å²) in [5, 5.41) is -0.215. The molecule has 1 spiro atoms. The van der Waals surface area contributed by atoms with Crippen molar-refractivity contribution in [3.8, 4) is 17.3 Å². The number of alkyl halides is 3. The molecule has 11 heteroatoms. The molecule has 1 saturated heterocycles. The Morgan fingerprint density at radius 1 is 1.20 bits per heavy atom. The summed E-state index contributed by atoms with van der Waals surface area (Å²) < 4.78 is 44.8. The minimum absolute atomic E-state index is 0.0219. The molecular weight excluding hydrogens is 483 g/mol. The molecule has 4 unspecified atom stereocenters. The molecule has 7 nitrogen and oxygen atoms in total. The smallest absolute Gasteiger partial charge is 0.417 e. The first-order valence-corrected chi connectivity index (χ1v) is 11.5. The second kappa shape index (κ2) is 7.61. The molecule has 3 aromatic heterocycles. The molecule has 1 amide bonds. The van der Waals surface area contributed by atoms with E-state index in [2.05, 4.69) is 19.9 Å². The highest BCUT2D eigenvalue weighted by Crippen LogP contribution is 2.71. The Morgan fingerprint density at radius 2 is 1.97 bits per heavy atom. The van der Waals surface area contributed by atoms with Gasteiger partial charge in [-0.15, -0.1) is 0 Å². The van der Waals surface area contributed by atoms with Crippen molar-refractivity contribution in [2.45, 2.75) is 38.1 Å². The fraction of sp³-hybridized carbons (Fsp3) is 0.375. The monoisotopic (exact) mass is 501 g/mol. The van der Waals surface area contributed by atoms with Gasteiger partial charge < -0.3 is 9.64 Å². The lowest BCUT2D eigenvalue weighted by atomic mass is 9.73. The third kappa shape index (κ3) is 3.53. The summed E-state index contributed by atoms with van der Waals surface area (Å²) >= 11 is 6.06. The Hall–Kier alpha value is -3.27. The molecule has 3 fully saturated rings. The van der Waals surface area contributed by atoms with Gasteiger partial charge in [-0.3, -0.25) is 4.79 Å². The number of pyridine rings is 2. The van der Waals surface area contributed by atoms with E-state index >= 15 is 0 Å². The van der Waals surface area contributed by atoms with Crippen LogP contribution in [0.5, 0.6) is 5.88 Å². The number of carbonyl (C=O) groups excluding carboxylic acids is 1. The van der Waals surface area contributed by atoms with Crippen molar-refractivity contribution in [1.29, 1.82) is 0 Å². The molecule has 4 atom stereocenters. The molecule has 180 valence electrons. The Bertz CT molecular complexity index is 1340. The van der Waals surface area contributed by atoms with Gasteiger partial charge in [0, 0.05) is 36.2 Å². The van der Waals surface area contributed by atoms with E-state index in [-0.39, 0.29) is 34.0 Å². The van der Waals surface area contributed by atoms with Gasteiger partial charge in [0.2, 0.25) is 5.88 Å². The Balaban J connectivity index is 1.28. The van der Waals surface area contributed by atoms with E-state index in [1.165, 1.54) is 0 Å². The van der Waals surface area contributed by atoms with E-state index in [0.717, 1.165) is 12.5 Å². The fourth-order valence-electron chi connectivity index (χ4n) is 5.54. The minimum Gasteiger partial charge on any atom is -0.471 e. The van der Waals surface area contributed by atoms with Crippen LogP contribution in [0.25, 0.3) is 11.4 Å². The average Bonchev–Trinajstić information content (AvgIpc) is 3.48. The SMILES string of the molecule is Cc1ccc(-c2ncccn2)c(C(=O)N2CC3CC34CC(Oc3ncc(C(F)(F)F)cc3Cl)C24)n1. The number of nitrogens with zero attached hydrogens (tertiary/aromatic N) is 5. The summed E-state index contributed by atoms with van der Waals surface area (Å²) in [5.41, 5.74) is 0.533. The number of hydrogen-bond donors (Lipinski definition) is 0. The van der Waals surface area contributed by atoms with Crippen molar-refractivity contribution in [3.63, 3.8) is 0 Å². The van der Waals surface area contributed by atoms with Crippen LogP contribution in [0.15, 0.2) is 42.9 Å². The number of aryl methyl sites for hydroxylation is 1. The van der Waals surface area contributed by atoms with E-state index in [9.17, 15) is 18.0 Å². The molecule has 0 N–H and O–H groups in total. The zero-order valence-electron chi connectivity index (χ0n) is 18.5. The van der Waals surface area contributed by atoms with E-state index in [4.69, 9.17) is 16.3 Å². The van der Waals surface area contributed by atoms with Gasteiger partial charge in [0.25, 0.3) is 5.91 Å². The van der Waals surface area contributed by atoms with Crippen molar-refractivity contribution < 1.29 is 22.7 Å². The number of halogens is 4. The number of carbonyl (C=O) groups is 1. The number of likely N-dealkylation sites (tertiary alicyclic amines) is 1. The number of rotatable bonds is 4. The molecular formula is C24H19ClF3N5O2. The van der Waals surface area contributed by atoms with Crippen molar-refractivity contribution in [1.82, 2.24) is 24.8 Å². The van der Waals surface area contributed by atoms with Crippen LogP contribution in [0.2, 0.25) is 5.02 Å². The summed E-state index contributed by atoms with van der Waals surface area (Å²) in [5.74, 6) is 0.466.